The molecule has 3 aromatic carbocycles. The lowest BCUT2D eigenvalue weighted by molar-refractivity contribution is -0.121. The summed E-state index contributed by atoms with van der Waals surface area (Å²) < 4.78 is 11.2. The molecule has 0 fully saturated rings. The van der Waals surface area contributed by atoms with Crippen LogP contribution in [0.5, 0.6) is 5.75 Å². The average Bonchev–Trinajstić information content (AvgIpc) is 3.44. The van der Waals surface area contributed by atoms with Gasteiger partial charge in [0.05, 0.1) is 12.3 Å². The highest BCUT2D eigenvalue weighted by molar-refractivity contribution is 6.06. The molecule has 1 aromatic heterocycles. The van der Waals surface area contributed by atoms with E-state index in [1.165, 1.54) is 6.26 Å². The molecule has 176 valence electrons. The van der Waals surface area contributed by atoms with Crippen molar-refractivity contribution in [3.05, 3.63) is 115 Å². The molecule has 0 radical (unpaired) electrons. The third kappa shape index (κ3) is 4.55. The number of amides is 2. The first kappa shape index (κ1) is 22.5. The topological polar surface area (TPSA) is 63.0 Å². The second-order valence-electron chi connectivity index (χ2n) is 8.51. The molecule has 2 amide bonds. The zero-order chi connectivity index (χ0) is 24.2. The number of carbonyl (C=O) groups is 2. The van der Waals surface area contributed by atoms with E-state index in [2.05, 4.69) is 0 Å². The first-order valence-corrected chi connectivity index (χ1v) is 11.6. The number of benzene rings is 3. The molecule has 0 spiro atoms. The molecule has 2 heterocycles. The zero-order valence-electron chi connectivity index (χ0n) is 19.4. The number of hydrogen-bond acceptors (Lipinski definition) is 4. The van der Waals surface area contributed by atoms with Gasteiger partial charge in [-0.2, -0.15) is 0 Å². The van der Waals surface area contributed by atoms with Crippen molar-refractivity contribution in [2.45, 2.75) is 25.4 Å². The van der Waals surface area contributed by atoms with Crippen LogP contribution < -0.4 is 14.5 Å². The van der Waals surface area contributed by atoms with Crippen LogP contribution in [0.3, 0.4) is 0 Å². The standard InChI is InChI=1S/C29H26N2O4/c1-21-19-26(24-15-8-9-16-25(24)30(21)29(33)27-17-10-18-34-27)31(22-11-4-2-5-12-22)28(32)20-35-23-13-6-3-7-14-23/h2-18,21,26H,19-20H2,1H3/t21-,26+/m1/s1. The number of ether oxygens (including phenoxy) is 1. The summed E-state index contributed by atoms with van der Waals surface area (Å²) in [7, 11) is 0. The average molecular weight is 467 g/mol. The van der Waals surface area contributed by atoms with Gasteiger partial charge >= 0.3 is 0 Å². The number of para-hydroxylation sites is 3. The quantitative estimate of drug-likeness (QED) is 0.356. The minimum absolute atomic E-state index is 0.0962. The summed E-state index contributed by atoms with van der Waals surface area (Å²) >= 11 is 0. The highest BCUT2D eigenvalue weighted by Gasteiger charge is 2.39. The molecule has 2 atom stereocenters. The SMILES string of the molecule is C[C@@H]1C[C@H](N(C(=O)COc2ccccc2)c2ccccc2)c2ccccc2N1C(=O)c1ccco1. The van der Waals surface area contributed by atoms with E-state index in [0.29, 0.717) is 12.2 Å². The van der Waals surface area contributed by atoms with Gasteiger partial charge in [-0.05, 0) is 61.4 Å². The van der Waals surface area contributed by atoms with E-state index in [0.717, 1.165) is 16.9 Å². The highest BCUT2D eigenvalue weighted by atomic mass is 16.5. The summed E-state index contributed by atoms with van der Waals surface area (Å²) in [6.07, 6.45) is 2.06. The summed E-state index contributed by atoms with van der Waals surface area (Å²) in [4.78, 5) is 30.5. The summed E-state index contributed by atoms with van der Waals surface area (Å²) in [5.41, 5.74) is 2.46. The van der Waals surface area contributed by atoms with Gasteiger partial charge in [0.25, 0.3) is 11.8 Å². The lowest BCUT2D eigenvalue weighted by atomic mass is 9.89. The van der Waals surface area contributed by atoms with Crippen LogP contribution in [0, 0.1) is 0 Å². The summed E-state index contributed by atoms with van der Waals surface area (Å²) in [6.45, 7) is 1.90. The van der Waals surface area contributed by atoms with Crippen LogP contribution in [0.4, 0.5) is 11.4 Å². The molecule has 0 unspecified atom stereocenters. The third-order valence-electron chi connectivity index (χ3n) is 6.23. The highest BCUT2D eigenvalue weighted by Crippen LogP contribution is 2.42. The van der Waals surface area contributed by atoms with Crippen LogP contribution in [0.1, 0.15) is 35.5 Å². The first-order valence-electron chi connectivity index (χ1n) is 11.6. The predicted molar refractivity (Wildman–Crippen MR) is 135 cm³/mol. The smallest absolute Gasteiger partial charge is 0.294 e. The van der Waals surface area contributed by atoms with Crippen molar-refractivity contribution in [1.29, 1.82) is 0 Å². The number of carbonyl (C=O) groups excluding carboxylic acids is 2. The number of fused-ring (bicyclic) bond motifs is 1. The first-order chi connectivity index (χ1) is 17.1. The monoisotopic (exact) mass is 466 g/mol. The number of anilines is 2. The van der Waals surface area contributed by atoms with E-state index in [4.69, 9.17) is 9.15 Å². The molecule has 0 aliphatic carbocycles. The Morgan fingerprint density at radius 1 is 0.914 bits per heavy atom. The van der Waals surface area contributed by atoms with E-state index in [1.807, 2.05) is 91.9 Å². The predicted octanol–water partition coefficient (Wildman–Crippen LogP) is 5.87. The largest absolute Gasteiger partial charge is 0.484 e. The normalized spacial score (nSPS) is 16.9. The van der Waals surface area contributed by atoms with Crippen molar-refractivity contribution < 1.29 is 18.7 Å². The molecule has 6 heteroatoms. The number of furan rings is 1. The molecule has 1 aliphatic heterocycles. The Balaban J connectivity index is 1.51. The second kappa shape index (κ2) is 9.89. The fourth-order valence-electron chi connectivity index (χ4n) is 4.67. The summed E-state index contributed by atoms with van der Waals surface area (Å²) in [6, 6.07) is 29.6. The Morgan fingerprint density at radius 2 is 1.60 bits per heavy atom. The van der Waals surface area contributed by atoms with Crippen molar-refractivity contribution in [2.75, 3.05) is 16.4 Å². The van der Waals surface area contributed by atoms with Crippen LogP contribution in [0.25, 0.3) is 0 Å². The molecule has 5 rings (SSSR count). The van der Waals surface area contributed by atoms with Crippen molar-refractivity contribution in [3.63, 3.8) is 0 Å². The molecular weight excluding hydrogens is 440 g/mol. The lowest BCUT2D eigenvalue weighted by Crippen LogP contribution is -2.48. The van der Waals surface area contributed by atoms with Crippen LogP contribution in [0.2, 0.25) is 0 Å². The van der Waals surface area contributed by atoms with Gasteiger partial charge in [0.2, 0.25) is 0 Å². The van der Waals surface area contributed by atoms with Gasteiger partial charge in [0, 0.05) is 17.4 Å². The summed E-state index contributed by atoms with van der Waals surface area (Å²) in [5, 5.41) is 0. The molecule has 0 N–H and O–H groups in total. The van der Waals surface area contributed by atoms with Crippen molar-refractivity contribution in [3.8, 4) is 5.75 Å². The summed E-state index contributed by atoms with van der Waals surface area (Å²) in [5.74, 6) is 0.579. The van der Waals surface area contributed by atoms with Crippen LogP contribution in [-0.4, -0.2) is 24.5 Å². The van der Waals surface area contributed by atoms with E-state index in [-0.39, 0.29) is 36.3 Å². The Bertz CT molecular complexity index is 1290. The van der Waals surface area contributed by atoms with E-state index in [9.17, 15) is 9.59 Å². The molecule has 1 aliphatic rings. The van der Waals surface area contributed by atoms with Gasteiger partial charge in [-0.25, -0.2) is 0 Å². The maximum atomic E-state index is 13.6. The molecule has 0 saturated carbocycles. The minimum atomic E-state index is -0.267. The molecule has 35 heavy (non-hydrogen) atoms. The van der Waals surface area contributed by atoms with E-state index >= 15 is 0 Å². The molecular formula is C29H26N2O4. The molecule has 6 nitrogen and oxygen atoms in total. The number of rotatable bonds is 6. The second-order valence-corrected chi connectivity index (χ2v) is 8.51. The van der Waals surface area contributed by atoms with Crippen molar-refractivity contribution in [2.24, 2.45) is 0 Å². The van der Waals surface area contributed by atoms with Crippen LogP contribution >= 0.6 is 0 Å². The number of nitrogens with zero attached hydrogens (tertiary/aromatic N) is 2. The van der Waals surface area contributed by atoms with E-state index < -0.39 is 0 Å². The Labute approximate surface area is 204 Å². The fourth-order valence-corrected chi connectivity index (χ4v) is 4.67. The Morgan fingerprint density at radius 3 is 2.31 bits per heavy atom. The van der Waals surface area contributed by atoms with Gasteiger partial charge in [0.15, 0.2) is 12.4 Å². The van der Waals surface area contributed by atoms with Gasteiger partial charge in [0.1, 0.15) is 5.75 Å². The third-order valence-corrected chi connectivity index (χ3v) is 6.23. The van der Waals surface area contributed by atoms with Crippen molar-refractivity contribution in [1.82, 2.24) is 0 Å². The lowest BCUT2D eigenvalue weighted by Gasteiger charge is -2.43. The van der Waals surface area contributed by atoms with Crippen LogP contribution in [0.15, 0.2) is 108 Å². The molecule has 0 saturated heterocycles. The van der Waals surface area contributed by atoms with Gasteiger partial charge in [-0.3, -0.25) is 9.59 Å². The minimum Gasteiger partial charge on any atom is -0.484 e. The van der Waals surface area contributed by atoms with Crippen molar-refractivity contribution >= 4 is 23.2 Å². The maximum Gasteiger partial charge on any atom is 0.294 e. The van der Waals surface area contributed by atoms with Gasteiger partial charge in [-0.15, -0.1) is 0 Å². The number of hydrogen-bond donors (Lipinski definition) is 0. The van der Waals surface area contributed by atoms with Gasteiger partial charge < -0.3 is 19.0 Å². The van der Waals surface area contributed by atoms with Crippen LogP contribution in [-0.2, 0) is 4.79 Å². The molecule has 4 aromatic rings. The maximum absolute atomic E-state index is 13.6. The zero-order valence-corrected chi connectivity index (χ0v) is 19.4. The Hall–Kier alpha value is -4.32. The van der Waals surface area contributed by atoms with E-state index in [1.54, 1.807) is 21.9 Å². The molecule has 0 bridgehead atoms. The van der Waals surface area contributed by atoms with Gasteiger partial charge in [-0.1, -0.05) is 54.6 Å². The Kier molecular flexibility index (Phi) is 6.35. The fraction of sp³-hybridized carbons (Fsp3) is 0.172.